The highest BCUT2D eigenvalue weighted by atomic mass is 79.9. The van der Waals surface area contributed by atoms with Gasteiger partial charge in [-0.15, -0.1) is 0 Å². The fourth-order valence-corrected chi connectivity index (χ4v) is 2.92. The molecule has 0 aromatic heterocycles. The number of benzene rings is 1. The summed E-state index contributed by atoms with van der Waals surface area (Å²) in [6.07, 6.45) is 1.96. The van der Waals surface area contributed by atoms with E-state index in [4.69, 9.17) is 19.5 Å². The van der Waals surface area contributed by atoms with Crippen molar-refractivity contribution < 1.29 is 14.2 Å². The lowest BCUT2D eigenvalue weighted by Gasteiger charge is -2.35. The molecule has 1 saturated heterocycles. The summed E-state index contributed by atoms with van der Waals surface area (Å²) in [7, 11) is 1.58. The van der Waals surface area contributed by atoms with Gasteiger partial charge in [0.05, 0.1) is 25.3 Å². The van der Waals surface area contributed by atoms with E-state index in [0.29, 0.717) is 23.7 Å². The average molecular weight is 340 g/mol. The van der Waals surface area contributed by atoms with Crippen molar-refractivity contribution >= 4 is 15.9 Å². The van der Waals surface area contributed by atoms with Crippen LogP contribution >= 0.6 is 15.9 Å². The van der Waals surface area contributed by atoms with Gasteiger partial charge in [-0.1, -0.05) is 15.9 Å². The van der Waals surface area contributed by atoms with Crippen molar-refractivity contribution in [2.75, 3.05) is 32.3 Å². The molecule has 1 aliphatic rings. The van der Waals surface area contributed by atoms with E-state index in [9.17, 15) is 0 Å². The number of halogens is 1. The van der Waals surface area contributed by atoms with Gasteiger partial charge in [0, 0.05) is 30.0 Å². The summed E-state index contributed by atoms with van der Waals surface area (Å²) in [6, 6.07) is 7.36. The number of alkyl halides is 1. The van der Waals surface area contributed by atoms with Crippen LogP contribution in [0.4, 0.5) is 0 Å². The Morgan fingerprint density at radius 2 is 2.00 bits per heavy atom. The van der Waals surface area contributed by atoms with Gasteiger partial charge in [-0.3, -0.25) is 0 Å². The van der Waals surface area contributed by atoms with Crippen LogP contribution in [0, 0.1) is 16.7 Å². The van der Waals surface area contributed by atoms with Crippen LogP contribution in [0.1, 0.15) is 18.4 Å². The summed E-state index contributed by atoms with van der Waals surface area (Å²) < 4.78 is 16.5. The van der Waals surface area contributed by atoms with E-state index >= 15 is 0 Å². The lowest BCUT2D eigenvalue weighted by atomic mass is 9.83. The van der Waals surface area contributed by atoms with Crippen LogP contribution in [0.5, 0.6) is 11.5 Å². The minimum atomic E-state index is 0.105. The van der Waals surface area contributed by atoms with Crippen molar-refractivity contribution in [2.45, 2.75) is 12.8 Å². The standard InChI is InChI=1S/C15H18BrNO3/c1-18-13-6-12(9-17)7-14(8-13)20-11-15(10-16)2-4-19-5-3-15/h6-8H,2-5,10-11H2,1H3. The first kappa shape index (κ1) is 15.1. The molecule has 0 amide bonds. The normalized spacial score (nSPS) is 17.2. The number of nitriles is 1. The smallest absolute Gasteiger partial charge is 0.124 e. The van der Waals surface area contributed by atoms with Crippen molar-refractivity contribution in [3.05, 3.63) is 23.8 Å². The molecule has 1 aromatic rings. The fraction of sp³-hybridized carbons (Fsp3) is 0.533. The van der Waals surface area contributed by atoms with E-state index in [1.165, 1.54) is 0 Å². The van der Waals surface area contributed by atoms with E-state index in [1.807, 2.05) is 6.07 Å². The molecule has 108 valence electrons. The number of hydrogen-bond donors (Lipinski definition) is 0. The van der Waals surface area contributed by atoms with Gasteiger partial charge in [0.25, 0.3) is 0 Å². The van der Waals surface area contributed by atoms with Gasteiger partial charge in [-0.05, 0) is 25.0 Å². The van der Waals surface area contributed by atoms with E-state index in [1.54, 1.807) is 19.2 Å². The molecule has 5 heteroatoms. The predicted molar refractivity (Wildman–Crippen MR) is 79.5 cm³/mol. The number of methoxy groups -OCH3 is 1. The zero-order valence-corrected chi connectivity index (χ0v) is 13.1. The fourth-order valence-electron chi connectivity index (χ4n) is 2.19. The maximum atomic E-state index is 9.01. The van der Waals surface area contributed by atoms with Crippen LogP contribution in [0.15, 0.2) is 18.2 Å². The minimum absolute atomic E-state index is 0.105. The van der Waals surface area contributed by atoms with Crippen LogP contribution < -0.4 is 9.47 Å². The summed E-state index contributed by atoms with van der Waals surface area (Å²) in [5.74, 6) is 1.31. The third-order valence-corrected chi connectivity index (χ3v) is 4.82. The topological polar surface area (TPSA) is 51.5 Å². The second-order valence-electron chi connectivity index (χ2n) is 5.04. The molecule has 1 aliphatic heterocycles. The zero-order chi connectivity index (χ0) is 14.4. The molecule has 1 aromatic carbocycles. The van der Waals surface area contributed by atoms with Crippen LogP contribution in [0.2, 0.25) is 0 Å². The molecule has 2 rings (SSSR count). The van der Waals surface area contributed by atoms with Crippen LogP contribution in [0.25, 0.3) is 0 Å². The third kappa shape index (κ3) is 3.65. The van der Waals surface area contributed by atoms with E-state index in [2.05, 4.69) is 22.0 Å². The lowest BCUT2D eigenvalue weighted by Crippen LogP contribution is -2.36. The van der Waals surface area contributed by atoms with Gasteiger partial charge in [-0.2, -0.15) is 5.26 Å². The summed E-state index contributed by atoms with van der Waals surface area (Å²) in [5.41, 5.74) is 0.646. The highest BCUT2D eigenvalue weighted by Gasteiger charge is 2.32. The highest BCUT2D eigenvalue weighted by molar-refractivity contribution is 9.09. The van der Waals surface area contributed by atoms with Crippen molar-refractivity contribution in [3.63, 3.8) is 0 Å². The lowest BCUT2D eigenvalue weighted by molar-refractivity contribution is 0.00351. The summed E-state index contributed by atoms with van der Waals surface area (Å²) in [4.78, 5) is 0. The maximum Gasteiger partial charge on any atom is 0.124 e. The number of nitrogens with zero attached hydrogens (tertiary/aromatic N) is 1. The number of hydrogen-bond acceptors (Lipinski definition) is 4. The number of rotatable bonds is 5. The molecule has 0 saturated carbocycles. The average Bonchev–Trinajstić information content (AvgIpc) is 2.53. The second kappa shape index (κ2) is 6.96. The molecular formula is C15H18BrNO3. The van der Waals surface area contributed by atoms with E-state index < -0.39 is 0 Å². The van der Waals surface area contributed by atoms with Gasteiger partial charge in [0.15, 0.2) is 0 Å². The quantitative estimate of drug-likeness (QED) is 0.773. The molecule has 0 aliphatic carbocycles. The predicted octanol–water partition coefficient (Wildman–Crippen LogP) is 3.14. The van der Waals surface area contributed by atoms with E-state index in [-0.39, 0.29) is 5.41 Å². The van der Waals surface area contributed by atoms with Crippen LogP contribution in [-0.4, -0.2) is 32.3 Å². The van der Waals surface area contributed by atoms with Crippen LogP contribution in [-0.2, 0) is 4.74 Å². The molecule has 4 nitrogen and oxygen atoms in total. The Hall–Kier alpha value is -1.25. The van der Waals surface area contributed by atoms with Gasteiger partial charge in [0.2, 0.25) is 0 Å². The molecule has 1 fully saturated rings. The molecule has 1 heterocycles. The first-order valence-corrected chi connectivity index (χ1v) is 7.69. The Bertz CT molecular complexity index is 492. The summed E-state index contributed by atoms with van der Waals surface area (Å²) in [6.45, 7) is 2.16. The molecule has 0 N–H and O–H groups in total. The first-order chi connectivity index (χ1) is 9.71. The van der Waals surface area contributed by atoms with Crippen molar-refractivity contribution in [1.29, 1.82) is 5.26 Å². The van der Waals surface area contributed by atoms with Gasteiger partial charge in [-0.25, -0.2) is 0 Å². The van der Waals surface area contributed by atoms with Gasteiger partial charge < -0.3 is 14.2 Å². The maximum absolute atomic E-state index is 9.01. The molecule has 0 bridgehead atoms. The second-order valence-corrected chi connectivity index (χ2v) is 5.60. The molecule has 0 spiro atoms. The highest BCUT2D eigenvalue weighted by Crippen LogP contribution is 2.34. The van der Waals surface area contributed by atoms with Crippen molar-refractivity contribution in [1.82, 2.24) is 0 Å². The third-order valence-electron chi connectivity index (χ3n) is 3.63. The van der Waals surface area contributed by atoms with Gasteiger partial charge in [0.1, 0.15) is 11.5 Å². The summed E-state index contributed by atoms with van der Waals surface area (Å²) in [5, 5.41) is 9.90. The van der Waals surface area contributed by atoms with Gasteiger partial charge >= 0.3 is 0 Å². The summed E-state index contributed by atoms with van der Waals surface area (Å²) >= 11 is 3.59. The Morgan fingerprint density at radius 1 is 1.30 bits per heavy atom. The molecule has 0 unspecified atom stereocenters. The Morgan fingerprint density at radius 3 is 2.60 bits per heavy atom. The molecule has 20 heavy (non-hydrogen) atoms. The Kier molecular flexibility index (Phi) is 5.27. The van der Waals surface area contributed by atoms with Crippen molar-refractivity contribution in [2.24, 2.45) is 5.41 Å². The molecule has 0 atom stereocenters. The van der Waals surface area contributed by atoms with Crippen molar-refractivity contribution in [3.8, 4) is 17.6 Å². The van der Waals surface area contributed by atoms with E-state index in [0.717, 1.165) is 31.4 Å². The van der Waals surface area contributed by atoms with Crippen LogP contribution in [0.3, 0.4) is 0 Å². The Labute approximate surface area is 127 Å². The molecular weight excluding hydrogens is 322 g/mol. The SMILES string of the molecule is COc1cc(C#N)cc(OCC2(CBr)CCOCC2)c1. The Balaban J connectivity index is 2.07. The monoisotopic (exact) mass is 339 g/mol. The first-order valence-electron chi connectivity index (χ1n) is 6.57. The molecule has 0 radical (unpaired) electrons. The minimum Gasteiger partial charge on any atom is -0.497 e. The zero-order valence-electron chi connectivity index (χ0n) is 11.5. The largest absolute Gasteiger partial charge is 0.497 e. The number of ether oxygens (including phenoxy) is 3.